The van der Waals surface area contributed by atoms with E-state index in [2.05, 4.69) is 5.32 Å². The number of rotatable bonds is 4. The summed E-state index contributed by atoms with van der Waals surface area (Å²) in [6.45, 7) is 9.33. The number of amides is 2. The predicted octanol–water partition coefficient (Wildman–Crippen LogP) is 4.91. The molecule has 0 radical (unpaired) electrons. The number of thioether (sulfide) groups is 1. The van der Waals surface area contributed by atoms with Crippen LogP contribution in [0.5, 0.6) is 0 Å². The van der Waals surface area contributed by atoms with Crippen LogP contribution in [0.4, 0.5) is 10.5 Å². The highest BCUT2D eigenvalue weighted by atomic mass is 32.2. The predicted molar refractivity (Wildman–Crippen MR) is 112 cm³/mol. The van der Waals surface area contributed by atoms with Crippen molar-refractivity contribution in [3.63, 3.8) is 0 Å². The summed E-state index contributed by atoms with van der Waals surface area (Å²) < 4.78 is 5.49. The zero-order chi connectivity index (χ0) is 20.5. The van der Waals surface area contributed by atoms with Gasteiger partial charge in [-0.3, -0.25) is 10.1 Å². The number of fused-ring (bicyclic) bond motifs is 1. The molecule has 1 aliphatic rings. The third kappa shape index (κ3) is 3.87. The average molecular weight is 399 g/mol. The van der Waals surface area contributed by atoms with Gasteiger partial charge in [0.1, 0.15) is 5.60 Å². The van der Waals surface area contributed by atoms with Crippen LogP contribution in [0, 0.1) is 0 Å². The lowest BCUT2D eigenvalue weighted by Gasteiger charge is -2.31. The maximum absolute atomic E-state index is 13.7. The second-order valence-electron chi connectivity index (χ2n) is 8.01. The number of nitrogens with zero attached hydrogens (tertiary/aromatic N) is 1. The van der Waals surface area contributed by atoms with Crippen molar-refractivity contribution in [2.24, 2.45) is 0 Å². The van der Waals surface area contributed by atoms with Gasteiger partial charge in [0.15, 0.2) is 0 Å². The van der Waals surface area contributed by atoms with E-state index in [-0.39, 0.29) is 11.9 Å². The molecule has 0 aromatic heterocycles. The second kappa shape index (κ2) is 7.51. The summed E-state index contributed by atoms with van der Waals surface area (Å²) in [6.07, 6.45) is -0.621. The highest BCUT2D eigenvalue weighted by Crippen LogP contribution is 2.50. The molecule has 0 bridgehead atoms. The first-order valence-electron chi connectivity index (χ1n) is 9.32. The van der Waals surface area contributed by atoms with Crippen molar-refractivity contribution in [1.82, 2.24) is 5.32 Å². The van der Waals surface area contributed by atoms with Gasteiger partial charge in [0.2, 0.25) is 4.87 Å². The number of nitrogens with one attached hydrogen (secondary N) is 1. The van der Waals surface area contributed by atoms with E-state index in [1.165, 1.54) is 11.8 Å². The quantitative estimate of drug-likeness (QED) is 0.744. The molecule has 5 nitrogen and oxygen atoms in total. The van der Waals surface area contributed by atoms with Crippen molar-refractivity contribution in [1.29, 1.82) is 0 Å². The number of carbonyl (C=O) groups excluding carboxylic acids is 2. The van der Waals surface area contributed by atoms with Crippen LogP contribution in [-0.4, -0.2) is 23.6 Å². The Morgan fingerprint density at radius 2 is 1.68 bits per heavy atom. The number of carbonyl (C=O) groups is 2. The molecule has 1 N–H and O–H groups in total. The van der Waals surface area contributed by atoms with Crippen molar-refractivity contribution in [3.8, 4) is 0 Å². The van der Waals surface area contributed by atoms with Crippen LogP contribution >= 0.6 is 11.8 Å². The Labute approximate surface area is 170 Å². The average Bonchev–Trinajstić information content (AvgIpc) is 2.83. The van der Waals surface area contributed by atoms with Crippen molar-refractivity contribution in [2.45, 2.75) is 56.0 Å². The molecule has 28 heavy (non-hydrogen) atoms. The maximum atomic E-state index is 13.7. The van der Waals surface area contributed by atoms with Gasteiger partial charge < -0.3 is 9.64 Å². The number of hydrogen-bond donors (Lipinski definition) is 1. The summed E-state index contributed by atoms with van der Waals surface area (Å²) in [5.41, 5.74) is 0.900. The molecule has 2 amide bonds. The smallest absolute Gasteiger partial charge is 0.409 e. The highest BCUT2D eigenvalue weighted by Gasteiger charge is 2.54. The Bertz CT molecular complexity index is 877. The van der Waals surface area contributed by atoms with Gasteiger partial charge in [0.25, 0.3) is 5.91 Å². The molecule has 0 spiro atoms. The van der Waals surface area contributed by atoms with Gasteiger partial charge in [-0.05, 0) is 52.8 Å². The number of para-hydroxylation sites is 1. The molecule has 1 atom stereocenters. The van der Waals surface area contributed by atoms with E-state index in [4.69, 9.17) is 4.74 Å². The molecule has 1 heterocycles. The van der Waals surface area contributed by atoms with E-state index >= 15 is 0 Å². The molecule has 0 aliphatic carbocycles. The van der Waals surface area contributed by atoms with Gasteiger partial charge in [-0.2, -0.15) is 0 Å². The van der Waals surface area contributed by atoms with Gasteiger partial charge in [0, 0.05) is 16.5 Å². The van der Waals surface area contributed by atoms with Crippen LogP contribution in [0.15, 0.2) is 59.5 Å². The second-order valence-corrected chi connectivity index (χ2v) is 9.30. The number of alkyl carbamates (subject to hydrolysis) is 1. The minimum absolute atomic E-state index is 0.0488. The third-order valence-corrected chi connectivity index (χ3v) is 5.58. The molecule has 1 unspecified atom stereocenters. The van der Waals surface area contributed by atoms with Crippen LogP contribution < -0.4 is 10.2 Å². The first-order chi connectivity index (χ1) is 13.1. The van der Waals surface area contributed by atoms with E-state index < -0.39 is 16.6 Å². The molecular weight excluding hydrogens is 372 g/mol. The minimum atomic E-state index is -1.29. The molecule has 1 aliphatic heterocycles. The van der Waals surface area contributed by atoms with Gasteiger partial charge >= 0.3 is 6.09 Å². The third-order valence-electron chi connectivity index (χ3n) is 4.27. The molecule has 2 aromatic rings. The van der Waals surface area contributed by atoms with Crippen molar-refractivity contribution in [2.75, 3.05) is 4.90 Å². The minimum Gasteiger partial charge on any atom is -0.444 e. The Morgan fingerprint density at radius 3 is 2.29 bits per heavy atom. The SMILES string of the molecule is CC(C)N1C(=O)C(NC(=O)OC(C)(C)C)(Sc2ccccc2)c2ccccc21. The molecule has 2 aromatic carbocycles. The Balaban J connectivity index is 2.11. The first kappa shape index (κ1) is 20.3. The molecule has 0 saturated carbocycles. The Morgan fingerprint density at radius 1 is 1.07 bits per heavy atom. The maximum Gasteiger partial charge on any atom is 0.409 e. The van der Waals surface area contributed by atoms with Crippen LogP contribution in [0.25, 0.3) is 0 Å². The Hall–Kier alpha value is -2.47. The zero-order valence-corrected chi connectivity index (χ0v) is 17.7. The molecule has 0 fully saturated rings. The van der Waals surface area contributed by atoms with Gasteiger partial charge in [0.05, 0.1) is 5.69 Å². The standard InChI is InChI=1S/C22H26N2O3S/c1-15(2)24-18-14-10-9-13-17(18)22(19(24)25,23-20(26)27-21(3,4)5)28-16-11-7-6-8-12-16/h6-15H,1-5H3,(H,23,26). The highest BCUT2D eigenvalue weighted by molar-refractivity contribution is 8.01. The summed E-state index contributed by atoms with van der Waals surface area (Å²) in [7, 11) is 0. The van der Waals surface area contributed by atoms with Crippen LogP contribution in [0.3, 0.4) is 0 Å². The van der Waals surface area contributed by atoms with E-state index in [1.807, 2.05) is 68.4 Å². The fourth-order valence-corrected chi connectivity index (χ4v) is 4.50. The number of hydrogen-bond acceptors (Lipinski definition) is 4. The largest absolute Gasteiger partial charge is 0.444 e. The summed E-state index contributed by atoms with van der Waals surface area (Å²) in [4.78, 5) is 27.7. The van der Waals surface area contributed by atoms with Crippen molar-refractivity contribution in [3.05, 3.63) is 60.2 Å². The molecule has 0 saturated heterocycles. The van der Waals surface area contributed by atoms with E-state index in [9.17, 15) is 9.59 Å². The van der Waals surface area contributed by atoms with E-state index in [0.717, 1.165) is 16.1 Å². The van der Waals surface area contributed by atoms with Gasteiger partial charge in [-0.25, -0.2) is 4.79 Å². The molecule has 148 valence electrons. The molecule has 6 heteroatoms. The van der Waals surface area contributed by atoms with Crippen LogP contribution in [0.2, 0.25) is 0 Å². The first-order valence-corrected chi connectivity index (χ1v) is 10.1. The molecule has 3 rings (SSSR count). The topological polar surface area (TPSA) is 58.6 Å². The number of ether oxygens (including phenoxy) is 1. The lowest BCUT2D eigenvalue weighted by molar-refractivity contribution is -0.121. The van der Waals surface area contributed by atoms with E-state index in [0.29, 0.717) is 0 Å². The van der Waals surface area contributed by atoms with Crippen LogP contribution in [-0.2, 0) is 14.4 Å². The Kier molecular flexibility index (Phi) is 5.44. The van der Waals surface area contributed by atoms with E-state index in [1.54, 1.807) is 25.7 Å². The summed E-state index contributed by atoms with van der Waals surface area (Å²) in [6, 6.07) is 17.1. The fraction of sp³-hybridized carbons (Fsp3) is 0.364. The normalized spacial score (nSPS) is 18.9. The lowest BCUT2D eigenvalue weighted by Crippen LogP contribution is -2.53. The fourth-order valence-electron chi connectivity index (χ4n) is 3.25. The molecular formula is C22H26N2O3S. The van der Waals surface area contributed by atoms with Gasteiger partial charge in [-0.1, -0.05) is 48.2 Å². The summed E-state index contributed by atoms with van der Waals surface area (Å²) in [5, 5.41) is 2.90. The lowest BCUT2D eigenvalue weighted by atomic mass is 10.1. The zero-order valence-electron chi connectivity index (χ0n) is 16.9. The van der Waals surface area contributed by atoms with Crippen molar-refractivity contribution >= 4 is 29.4 Å². The summed E-state index contributed by atoms with van der Waals surface area (Å²) in [5.74, 6) is -0.177. The number of anilines is 1. The summed E-state index contributed by atoms with van der Waals surface area (Å²) >= 11 is 1.32. The number of benzene rings is 2. The monoisotopic (exact) mass is 398 g/mol. The van der Waals surface area contributed by atoms with Gasteiger partial charge in [-0.15, -0.1) is 0 Å². The van der Waals surface area contributed by atoms with Crippen LogP contribution in [0.1, 0.15) is 40.2 Å². The van der Waals surface area contributed by atoms with Crippen molar-refractivity contribution < 1.29 is 14.3 Å².